The number of nitrogens with zero attached hydrogens (tertiary/aromatic N) is 1. The summed E-state index contributed by atoms with van der Waals surface area (Å²) in [5, 5.41) is 2.85. The van der Waals surface area contributed by atoms with Crippen molar-refractivity contribution in [2.75, 3.05) is 18.5 Å². The number of aryl methyl sites for hydroxylation is 1. The van der Waals surface area contributed by atoms with Crippen LogP contribution in [0.5, 0.6) is 0 Å². The zero-order valence-electron chi connectivity index (χ0n) is 14.6. The Bertz CT molecular complexity index is 789. The molecule has 136 valence electrons. The van der Waals surface area contributed by atoms with Crippen molar-refractivity contribution in [2.45, 2.75) is 13.5 Å². The molecular weight excluding hydrogens is 394 g/mol. The Labute approximate surface area is 162 Å². The molecule has 2 rings (SSSR count). The van der Waals surface area contributed by atoms with Crippen LogP contribution < -0.4 is 11.1 Å². The highest BCUT2D eigenvalue weighted by molar-refractivity contribution is 9.10. The van der Waals surface area contributed by atoms with Crippen molar-refractivity contribution >= 4 is 33.2 Å². The number of hydrogen-bond acceptors (Lipinski definition) is 4. The van der Waals surface area contributed by atoms with Crippen LogP contribution in [0.1, 0.15) is 11.1 Å². The third-order valence-corrected chi connectivity index (χ3v) is 4.05. The summed E-state index contributed by atoms with van der Waals surface area (Å²) < 4.78 is 6.54. The first-order valence-electron chi connectivity index (χ1n) is 8.22. The van der Waals surface area contributed by atoms with Crippen molar-refractivity contribution in [1.29, 1.82) is 0 Å². The maximum atomic E-state index is 12.4. The fraction of sp³-hybridized carbons (Fsp3) is 0.200. The molecule has 1 amide bonds. The summed E-state index contributed by atoms with van der Waals surface area (Å²) in [6.07, 6.45) is 2.79. The Hall–Kier alpha value is -2.44. The highest BCUT2D eigenvalue weighted by Gasteiger charge is 2.10. The lowest BCUT2D eigenvalue weighted by Crippen LogP contribution is -2.22. The van der Waals surface area contributed by atoms with E-state index in [-0.39, 0.29) is 11.6 Å². The second kappa shape index (κ2) is 10.5. The highest BCUT2D eigenvalue weighted by atomic mass is 79.9. The van der Waals surface area contributed by atoms with Crippen LogP contribution in [0, 0.1) is 6.92 Å². The minimum absolute atomic E-state index is 0.262. The lowest BCUT2D eigenvalue weighted by Gasteiger charge is -2.09. The van der Waals surface area contributed by atoms with Crippen LogP contribution in [0.2, 0.25) is 0 Å². The van der Waals surface area contributed by atoms with Gasteiger partial charge in [-0.3, -0.25) is 9.79 Å². The predicted molar refractivity (Wildman–Crippen MR) is 109 cm³/mol. The molecule has 5 nitrogen and oxygen atoms in total. The number of benzene rings is 2. The third-order valence-electron chi connectivity index (χ3n) is 3.55. The number of carbonyl (C=O) groups is 1. The van der Waals surface area contributed by atoms with Gasteiger partial charge in [0.25, 0.3) is 5.91 Å². The molecular formula is C20H22BrN3O2. The van der Waals surface area contributed by atoms with E-state index in [0.29, 0.717) is 19.8 Å². The Morgan fingerprint density at radius 2 is 2.04 bits per heavy atom. The van der Waals surface area contributed by atoms with Gasteiger partial charge < -0.3 is 15.8 Å². The molecule has 0 bridgehead atoms. The van der Waals surface area contributed by atoms with Gasteiger partial charge in [-0.2, -0.15) is 0 Å². The van der Waals surface area contributed by atoms with Gasteiger partial charge in [0.2, 0.25) is 0 Å². The second-order valence-corrected chi connectivity index (χ2v) is 6.49. The molecule has 2 aromatic carbocycles. The SMILES string of the molecule is Cc1cc(Br)ccc1NC(=O)C(C=CN)=NCCOCc1ccccc1. The molecule has 0 heterocycles. The first-order chi connectivity index (χ1) is 12.6. The number of halogens is 1. The molecule has 0 saturated heterocycles. The highest BCUT2D eigenvalue weighted by Crippen LogP contribution is 2.20. The summed E-state index contributed by atoms with van der Waals surface area (Å²) in [7, 11) is 0. The average molecular weight is 416 g/mol. The maximum absolute atomic E-state index is 12.4. The molecule has 0 aliphatic carbocycles. The largest absolute Gasteiger partial charge is 0.405 e. The van der Waals surface area contributed by atoms with Crippen molar-refractivity contribution < 1.29 is 9.53 Å². The number of anilines is 1. The van der Waals surface area contributed by atoms with E-state index < -0.39 is 0 Å². The maximum Gasteiger partial charge on any atom is 0.273 e. The molecule has 0 aliphatic heterocycles. The van der Waals surface area contributed by atoms with E-state index in [0.717, 1.165) is 21.3 Å². The number of aliphatic imine (C=N–C) groups is 1. The summed E-state index contributed by atoms with van der Waals surface area (Å²) in [5.74, 6) is -0.305. The van der Waals surface area contributed by atoms with Crippen molar-refractivity contribution in [3.63, 3.8) is 0 Å². The van der Waals surface area contributed by atoms with E-state index >= 15 is 0 Å². The minimum Gasteiger partial charge on any atom is -0.405 e. The van der Waals surface area contributed by atoms with Crippen LogP contribution in [-0.2, 0) is 16.1 Å². The quantitative estimate of drug-likeness (QED) is 0.507. The minimum atomic E-state index is -0.305. The van der Waals surface area contributed by atoms with E-state index in [2.05, 4.69) is 26.2 Å². The van der Waals surface area contributed by atoms with E-state index in [4.69, 9.17) is 10.5 Å². The number of carbonyl (C=O) groups excluding carboxylic acids is 1. The molecule has 3 N–H and O–H groups in total. The monoisotopic (exact) mass is 415 g/mol. The van der Waals surface area contributed by atoms with Crippen molar-refractivity contribution in [1.82, 2.24) is 0 Å². The number of hydrogen-bond donors (Lipinski definition) is 2. The van der Waals surface area contributed by atoms with Crippen LogP contribution in [0.3, 0.4) is 0 Å². The van der Waals surface area contributed by atoms with Crippen LogP contribution in [0.25, 0.3) is 0 Å². The normalized spacial score (nSPS) is 11.7. The standard InChI is InChI=1S/C20H22BrN3O2/c1-15-13-17(21)7-8-18(15)24-20(25)19(9-10-22)23-11-12-26-14-16-5-3-2-4-6-16/h2-10,13H,11-12,14,22H2,1H3,(H,24,25). The van der Waals surface area contributed by atoms with Crippen LogP contribution in [0.15, 0.2) is 70.3 Å². The fourth-order valence-electron chi connectivity index (χ4n) is 2.24. The van der Waals surface area contributed by atoms with E-state index in [1.54, 1.807) is 0 Å². The molecule has 0 fully saturated rings. The molecule has 0 unspecified atom stereocenters. The molecule has 0 saturated carbocycles. The molecule has 6 heteroatoms. The van der Waals surface area contributed by atoms with Crippen molar-refractivity contribution in [3.05, 3.63) is 76.4 Å². The van der Waals surface area contributed by atoms with Gasteiger partial charge in [0.05, 0.1) is 19.8 Å². The first kappa shape index (κ1) is 19.9. The summed E-state index contributed by atoms with van der Waals surface area (Å²) in [6, 6.07) is 15.5. The van der Waals surface area contributed by atoms with Gasteiger partial charge in [-0.1, -0.05) is 46.3 Å². The van der Waals surface area contributed by atoms with Gasteiger partial charge in [0, 0.05) is 10.2 Å². The van der Waals surface area contributed by atoms with E-state index in [1.807, 2.05) is 55.5 Å². The van der Waals surface area contributed by atoms with Gasteiger partial charge in [0.1, 0.15) is 5.71 Å². The summed E-state index contributed by atoms with van der Waals surface area (Å²) in [6.45, 7) is 3.23. The van der Waals surface area contributed by atoms with Gasteiger partial charge in [-0.05, 0) is 48.5 Å². The predicted octanol–water partition coefficient (Wildman–Crippen LogP) is 3.83. The first-order valence-corrected chi connectivity index (χ1v) is 9.01. The van der Waals surface area contributed by atoms with Gasteiger partial charge in [-0.15, -0.1) is 0 Å². The van der Waals surface area contributed by atoms with Gasteiger partial charge in [-0.25, -0.2) is 0 Å². The zero-order chi connectivity index (χ0) is 18.8. The summed E-state index contributed by atoms with van der Waals surface area (Å²) in [5.41, 5.74) is 8.49. The second-order valence-electron chi connectivity index (χ2n) is 5.58. The molecule has 0 radical (unpaired) electrons. The molecule has 26 heavy (non-hydrogen) atoms. The smallest absolute Gasteiger partial charge is 0.273 e. The number of nitrogens with two attached hydrogens (primary N) is 1. The van der Waals surface area contributed by atoms with Gasteiger partial charge >= 0.3 is 0 Å². The van der Waals surface area contributed by atoms with Crippen molar-refractivity contribution in [2.24, 2.45) is 10.7 Å². The van der Waals surface area contributed by atoms with Crippen LogP contribution in [0.4, 0.5) is 5.69 Å². The molecule has 0 atom stereocenters. The Morgan fingerprint density at radius 1 is 1.27 bits per heavy atom. The Balaban J connectivity index is 1.89. The third kappa shape index (κ3) is 6.46. The van der Waals surface area contributed by atoms with Gasteiger partial charge in [0.15, 0.2) is 0 Å². The van der Waals surface area contributed by atoms with E-state index in [1.165, 1.54) is 12.3 Å². The number of rotatable bonds is 8. The molecule has 0 aliphatic rings. The molecule has 0 spiro atoms. The Morgan fingerprint density at radius 3 is 2.73 bits per heavy atom. The lowest BCUT2D eigenvalue weighted by atomic mass is 10.2. The molecule has 0 aromatic heterocycles. The molecule has 2 aromatic rings. The lowest BCUT2D eigenvalue weighted by molar-refractivity contribution is -0.110. The van der Waals surface area contributed by atoms with Crippen molar-refractivity contribution in [3.8, 4) is 0 Å². The topological polar surface area (TPSA) is 76.7 Å². The summed E-state index contributed by atoms with van der Waals surface area (Å²) in [4.78, 5) is 16.7. The number of nitrogens with one attached hydrogen (secondary N) is 1. The van der Waals surface area contributed by atoms with Crippen LogP contribution in [-0.4, -0.2) is 24.8 Å². The number of amides is 1. The zero-order valence-corrected chi connectivity index (χ0v) is 16.2. The number of ether oxygens (including phenoxy) is 1. The Kier molecular flexibility index (Phi) is 8.05. The van der Waals surface area contributed by atoms with Crippen LogP contribution >= 0.6 is 15.9 Å². The fourth-order valence-corrected chi connectivity index (χ4v) is 2.72. The average Bonchev–Trinajstić information content (AvgIpc) is 2.63. The van der Waals surface area contributed by atoms with E-state index in [9.17, 15) is 4.79 Å². The summed E-state index contributed by atoms with van der Waals surface area (Å²) >= 11 is 3.40.